The van der Waals surface area contributed by atoms with E-state index in [0.29, 0.717) is 19.7 Å². The summed E-state index contributed by atoms with van der Waals surface area (Å²) in [5.41, 5.74) is 0. The molecule has 0 bridgehead atoms. The van der Waals surface area contributed by atoms with E-state index in [1.165, 1.54) is 0 Å². The predicted molar refractivity (Wildman–Crippen MR) is 66.3 cm³/mol. The van der Waals surface area contributed by atoms with Gasteiger partial charge in [-0.3, -0.25) is 0 Å². The first-order valence-corrected chi connectivity index (χ1v) is 7.10. The van der Waals surface area contributed by atoms with E-state index in [-0.39, 0.29) is 6.54 Å². The van der Waals surface area contributed by atoms with E-state index in [0.717, 1.165) is 18.2 Å². The summed E-state index contributed by atoms with van der Waals surface area (Å²) < 4.78 is 56.7. The highest BCUT2D eigenvalue weighted by molar-refractivity contribution is 7.89. The minimum absolute atomic E-state index is 0.0714. The second-order valence-corrected chi connectivity index (χ2v) is 5.43. The first-order valence-electron chi connectivity index (χ1n) is 5.62. The minimum Gasteiger partial charge on any atom is -0.383 e. The molecule has 5 nitrogen and oxygen atoms in total. The molecule has 2 N–H and O–H groups in total. The summed E-state index contributed by atoms with van der Waals surface area (Å²) in [6, 6.07) is 3.02. The van der Waals surface area contributed by atoms with Crippen LogP contribution in [-0.4, -0.2) is 41.8 Å². The predicted octanol–water partition coefficient (Wildman–Crippen LogP) is 0.479. The standard InChI is InChI=1S/C11H16F2N2O3S/c1-18-8-7-14-5-6-15-19(16,17)10-4-2-3-9(12)11(10)13/h2-4,14-15H,5-8H2,1H3. The van der Waals surface area contributed by atoms with Crippen molar-refractivity contribution in [3.8, 4) is 0 Å². The molecule has 0 aliphatic heterocycles. The lowest BCUT2D eigenvalue weighted by Crippen LogP contribution is -2.33. The number of benzene rings is 1. The van der Waals surface area contributed by atoms with Gasteiger partial charge in [-0.2, -0.15) is 0 Å². The molecule has 0 radical (unpaired) electrons. The van der Waals surface area contributed by atoms with Gasteiger partial charge in [-0.1, -0.05) is 6.07 Å². The molecule has 0 aliphatic carbocycles. The van der Waals surface area contributed by atoms with Gasteiger partial charge in [-0.25, -0.2) is 21.9 Å². The number of rotatable bonds is 8. The van der Waals surface area contributed by atoms with E-state index >= 15 is 0 Å². The van der Waals surface area contributed by atoms with Crippen molar-refractivity contribution in [2.75, 3.05) is 33.4 Å². The molecule has 1 rings (SSSR count). The highest BCUT2D eigenvalue weighted by atomic mass is 32.2. The Bertz CT molecular complexity index is 509. The fourth-order valence-electron chi connectivity index (χ4n) is 1.34. The fraction of sp³-hybridized carbons (Fsp3) is 0.455. The highest BCUT2D eigenvalue weighted by Gasteiger charge is 2.20. The molecule has 19 heavy (non-hydrogen) atoms. The van der Waals surface area contributed by atoms with Crippen molar-refractivity contribution in [2.45, 2.75) is 4.90 Å². The van der Waals surface area contributed by atoms with Gasteiger partial charge in [0.05, 0.1) is 6.61 Å². The molecule has 108 valence electrons. The third-order valence-corrected chi connectivity index (χ3v) is 3.76. The van der Waals surface area contributed by atoms with Crippen LogP contribution < -0.4 is 10.0 Å². The number of ether oxygens (including phenoxy) is 1. The molecule has 0 aromatic heterocycles. The number of hydrogen-bond acceptors (Lipinski definition) is 4. The smallest absolute Gasteiger partial charge is 0.243 e. The second-order valence-electron chi connectivity index (χ2n) is 3.69. The van der Waals surface area contributed by atoms with Gasteiger partial charge < -0.3 is 10.1 Å². The molecule has 0 fully saturated rings. The van der Waals surface area contributed by atoms with Crippen LogP contribution in [0, 0.1) is 11.6 Å². The van der Waals surface area contributed by atoms with Gasteiger partial charge in [0, 0.05) is 26.7 Å². The van der Waals surface area contributed by atoms with E-state index in [2.05, 4.69) is 10.0 Å². The van der Waals surface area contributed by atoms with Gasteiger partial charge in [0.15, 0.2) is 11.6 Å². The van der Waals surface area contributed by atoms with Crippen LogP contribution >= 0.6 is 0 Å². The van der Waals surface area contributed by atoms with Crippen LogP contribution in [0.15, 0.2) is 23.1 Å². The van der Waals surface area contributed by atoms with Gasteiger partial charge in [0.2, 0.25) is 10.0 Å². The molecule has 0 atom stereocenters. The SMILES string of the molecule is COCCNCCNS(=O)(=O)c1cccc(F)c1F. The number of sulfonamides is 1. The first-order chi connectivity index (χ1) is 8.99. The van der Waals surface area contributed by atoms with Crippen molar-refractivity contribution in [1.82, 2.24) is 10.0 Å². The van der Waals surface area contributed by atoms with E-state index in [4.69, 9.17) is 4.74 Å². The summed E-state index contributed by atoms with van der Waals surface area (Å²) >= 11 is 0. The first kappa shape index (κ1) is 16.0. The summed E-state index contributed by atoms with van der Waals surface area (Å²) in [5.74, 6) is -2.57. The summed E-state index contributed by atoms with van der Waals surface area (Å²) in [5, 5.41) is 2.92. The van der Waals surface area contributed by atoms with E-state index in [1.54, 1.807) is 7.11 Å². The summed E-state index contributed by atoms with van der Waals surface area (Å²) in [6.07, 6.45) is 0. The van der Waals surface area contributed by atoms with Crippen molar-refractivity contribution in [3.05, 3.63) is 29.8 Å². The van der Waals surface area contributed by atoms with E-state index in [1.807, 2.05) is 0 Å². The number of methoxy groups -OCH3 is 1. The average molecular weight is 294 g/mol. The Labute approximate surface area is 111 Å². The molecule has 0 unspecified atom stereocenters. The maximum atomic E-state index is 13.3. The van der Waals surface area contributed by atoms with Crippen molar-refractivity contribution in [3.63, 3.8) is 0 Å². The Morgan fingerprint density at radius 1 is 1.21 bits per heavy atom. The molecule has 0 spiro atoms. The molecule has 0 aliphatic rings. The van der Waals surface area contributed by atoms with Crippen LogP contribution in [0.25, 0.3) is 0 Å². The topological polar surface area (TPSA) is 67.4 Å². The summed E-state index contributed by atoms with van der Waals surface area (Å²) in [6.45, 7) is 1.51. The Balaban J connectivity index is 2.54. The van der Waals surface area contributed by atoms with Crippen LogP contribution in [0.5, 0.6) is 0 Å². The molecular formula is C11H16F2N2O3S. The normalized spacial score (nSPS) is 11.7. The van der Waals surface area contributed by atoms with Gasteiger partial charge in [-0.05, 0) is 12.1 Å². The lowest BCUT2D eigenvalue weighted by atomic mass is 10.3. The Kier molecular flexibility index (Phi) is 6.29. The van der Waals surface area contributed by atoms with Crippen LogP contribution in [0.4, 0.5) is 8.78 Å². The maximum absolute atomic E-state index is 13.3. The highest BCUT2D eigenvalue weighted by Crippen LogP contribution is 2.16. The molecule has 0 heterocycles. The van der Waals surface area contributed by atoms with Crippen molar-refractivity contribution in [1.29, 1.82) is 0 Å². The second kappa shape index (κ2) is 7.49. The lowest BCUT2D eigenvalue weighted by Gasteiger charge is -2.08. The van der Waals surface area contributed by atoms with Crippen molar-refractivity contribution >= 4 is 10.0 Å². The summed E-state index contributed by atoms with van der Waals surface area (Å²) in [7, 11) is -2.49. The molecule has 0 saturated heterocycles. The van der Waals surface area contributed by atoms with Crippen molar-refractivity contribution in [2.24, 2.45) is 0 Å². The molecule has 0 saturated carbocycles. The Morgan fingerprint density at radius 3 is 2.63 bits per heavy atom. The largest absolute Gasteiger partial charge is 0.383 e. The number of halogens is 2. The summed E-state index contributed by atoms with van der Waals surface area (Å²) in [4.78, 5) is -0.690. The molecule has 1 aromatic carbocycles. The van der Waals surface area contributed by atoms with Gasteiger partial charge in [-0.15, -0.1) is 0 Å². The fourth-order valence-corrected chi connectivity index (χ4v) is 2.46. The number of hydrogen-bond donors (Lipinski definition) is 2. The molecule has 1 aromatic rings. The quantitative estimate of drug-likeness (QED) is 0.684. The number of nitrogens with one attached hydrogen (secondary N) is 2. The lowest BCUT2D eigenvalue weighted by molar-refractivity contribution is 0.199. The van der Waals surface area contributed by atoms with Gasteiger partial charge >= 0.3 is 0 Å². The van der Waals surface area contributed by atoms with E-state index < -0.39 is 26.6 Å². The van der Waals surface area contributed by atoms with Crippen molar-refractivity contribution < 1.29 is 21.9 Å². The van der Waals surface area contributed by atoms with Crippen LogP contribution in [-0.2, 0) is 14.8 Å². The zero-order valence-electron chi connectivity index (χ0n) is 10.4. The average Bonchev–Trinajstić information content (AvgIpc) is 2.36. The van der Waals surface area contributed by atoms with Crippen LogP contribution in [0.2, 0.25) is 0 Å². The Morgan fingerprint density at radius 2 is 1.95 bits per heavy atom. The molecule has 0 amide bonds. The maximum Gasteiger partial charge on any atom is 0.243 e. The molecular weight excluding hydrogens is 278 g/mol. The van der Waals surface area contributed by atoms with Crippen LogP contribution in [0.3, 0.4) is 0 Å². The van der Waals surface area contributed by atoms with Gasteiger partial charge in [0.25, 0.3) is 0 Å². The monoisotopic (exact) mass is 294 g/mol. The van der Waals surface area contributed by atoms with E-state index in [9.17, 15) is 17.2 Å². The third kappa shape index (κ3) is 4.83. The van der Waals surface area contributed by atoms with Crippen LogP contribution in [0.1, 0.15) is 0 Å². The Hall–Kier alpha value is -1.09. The molecule has 8 heteroatoms. The zero-order valence-corrected chi connectivity index (χ0v) is 11.3. The minimum atomic E-state index is -4.04. The third-order valence-electron chi connectivity index (χ3n) is 2.28. The van der Waals surface area contributed by atoms with Gasteiger partial charge in [0.1, 0.15) is 4.90 Å². The zero-order chi connectivity index (χ0) is 14.3.